The fourth-order valence-corrected chi connectivity index (χ4v) is 2.14. The van der Waals surface area contributed by atoms with Crippen LogP contribution in [0.15, 0.2) is 30.3 Å². The Hall–Kier alpha value is -1.99. The molecule has 0 unspecified atom stereocenters. The summed E-state index contributed by atoms with van der Waals surface area (Å²) in [5.74, 6) is -0.999. The molecule has 2 N–H and O–H groups in total. The summed E-state index contributed by atoms with van der Waals surface area (Å²) in [6, 6.07) is 0. The fraction of sp³-hybridized carbons (Fsp3) is 0. The molecule has 0 radical (unpaired) electrons. The number of halogens is 1. The first-order valence-corrected chi connectivity index (χ1v) is 6.00. The lowest BCUT2D eigenvalue weighted by molar-refractivity contribution is 0.0699. The van der Waals surface area contributed by atoms with Crippen LogP contribution in [0.4, 0.5) is 0 Å². The molecular formula is C10H7ClN4O2S. The third-order valence-electron chi connectivity index (χ3n) is 1.92. The number of nitrogens with zero attached hydrogens (tertiary/aromatic N) is 3. The zero-order valence-corrected chi connectivity index (χ0v) is 10.4. The summed E-state index contributed by atoms with van der Waals surface area (Å²) < 4.78 is 0.724. The van der Waals surface area contributed by atoms with Crippen LogP contribution in [0.3, 0.4) is 0 Å². The van der Waals surface area contributed by atoms with Crippen molar-refractivity contribution < 1.29 is 9.90 Å². The number of carboxylic acid groups (broad SMARTS) is 1. The van der Waals surface area contributed by atoms with E-state index in [4.69, 9.17) is 16.7 Å². The number of aromatic nitrogens is 4. The second-order valence-corrected chi connectivity index (χ2v) is 4.32. The van der Waals surface area contributed by atoms with Gasteiger partial charge in [-0.05, 0) is 11.6 Å². The second-order valence-electron chi connectivity index (χ2n) is 3.07. The largest absolute Gasteiger partial charge is 0.478 e. The van der Waals surface area contributed by atoms with Gasteiger partial charge in [-0.3, -0.25) is 0 Å². The molecule has 3 rings (SSSR count). The monoisotopic (exact) mass is 282 g/mol. The Kier molecular flexibility index (Phi) is 3.85. The number of rotatable bonds is 1. The number of imidazole rings is 1. The number of thiophene rings is 1. The highest BCUT2D eigenvalue weighted by Crippen LogP contribution is 2.24. The highest BCUT2D eigenvalue weighted by Gasteiger charge is 2.12. The predicted octanol–water partition coefficient (Wildman–Crippen LogP) is 2.45. The lowest BCUT2D eigenvalue weighted by Crippen LogP contribution is -1.95. The average Bonchev–Trinajstić information content (AvgIpc) is 3.00. The zero-order valence-electron chi connectivity index (χ0n) is 8.87. The van der Waals surface area contributed by atoms with Crippen LogP contribution in [0, 0.1) is 0 Å². The first-order valence-electron chi connectivity index (χ1n) is 4.74. The van der Waals surface area contributed by atoms with Gasteiger partial charge in [0.1, 0.15) is 5.52 Å². The van der Waals surface area contributed by atoms with Crippen LogP contribution in [0.25, 0.3) is 10.2 Å². The molecule has 0 saturated carbocycles. The van der Waals surface area contributed by atoms with Gasteiger partial charge in [0, 0.05) is 24.0 Å². The predicted molar refractivity (Wildman–Crippen MR) is 68.0 cm³/mol. The third-order valence-corrected chi connectivity index (χ3v) is 3.01. The van der Waals surface area contributed by atoms with E-state index in [1.54, 1.807) is 18.7 Å². The Morgan fingerprint density at radius 3 is 2.89 bits per heavy atom. The third kappa shape index (κ3) is 2.82. The number of fused-ring (bicyclic) bond motifs is 1. The van der Waals surface area contributed by atoms with E-state index in [1.807, 2.05) is 0 Å². The first kappa shape index (κ1) is 12.5. The normalized spacial score (nSPS) is 9.83. The van der Waals surface area contributed by atoms with Crippen LogP contribution in [-0.4, -0.2) is 31.0 Å². The SMILES string of the molecule is O=C(O)c1csc2cnc(Cl)nc12.c1c[nH]cn1. The van der Waals surface area contributed by atoms with E-state index in [0.717, 1.165) is 4.70 Å². The molecule has 6 nitrogen and oxygen atoms in total. The van der Waals surface area contributed by atoms with Gasteiger partial charge in [0.25, 0.3) is 0 Å². The maximum atomic E-state index is 10.7. The molecule has 18 heavy (non-hydrogen) atoms. The van der Waals surface area contributed by atoms with E-state index < -0.39 is 5.97 Å². The number of aromatic carboxylic acids is 1. The number of H-pyrrole nitrogens is 1. The maximum absolute atomic E-state index is 10.7. The molecule has 3 aromatic heterocycles. The Morgan fingerprint density at radius 2 is 2.33 bits per heavy atom. The van der Waals surface area contributed by atoms with Gasteiger partial charge in [-0.2, -0.15) is 0 Å². The van der Waals surface area contributed by atoms with Crippen molar-refractivity contribution in [3.8, 4) is 0 Å². The number of hydrogen-bond acceptors (Lipinski definition) is 5. The fourth-order valence-electron chi connectivity index (χ4n) is 1.17. The van der Waals surface area contributed by atoms with E-state index in [2.05, 4.69) is 19.9 Å². The van der Waals surface area contributed by atoms with Crippen LogP contribution in [0.2, 0.25) is 5.28 Å². The van der Waals surface area contributed by atoms with Gasteiger partial charge in [-0.15, -0.1) is 11.3 Å². The molecule has 0 bridgehead atoms. The van der Waals surface area contributed by atoms with Crippen molar-refractivity contribution in [1.29, 1.82) is 0 Å². The van der Waals surface area contributed by atoms with E-state index >= 15 is 0 Å². The van der Waals surface area contributed by atoms with Gasteiger partial charge in [-0.25, -0.2) is 19.7 Å². The molecule has 0 aromatic carbocycles. The van der Waals surface area contributed by atoms with Crippen LogP contribution >= 0.6 is 22.9 Å². The van der Waals surface area contributed by atoms with Crippen molar-refractivity contribution in [3.63, 3.8) is 0 Å². The molecule has 0 aliphatic rings. The molecule has 3 aromatic rings. The summed E-state index contributed by atoms with van der Waals surface area (Å²) in [7, 11) is 0. The summed E-state index contributed by atoms with van der Waals surface area (Å²) in [6.07, 6.45) is 6.60. The quantitative estimate of drug-likeness (QED) is 0.669. The minimum Gasteiger partial charge on any atom is -0.478 e. The highest BCUT2D eigenvalue weighted by atomic mass is 35.5. The average molecular weight is 283 g/mol. The van der Waals surface area contributed by atoms with Gasteiger partial charge >= 0.3 is 5.97 Å². The number of hydrogen-bond donors (Lipinski definition) is 2. The number of aromatic amines is 1. The molecular weight excluding hydrogens is 276 g/mol. The second kappa shape index (κ2) is 5.56. The lowest BCUT2D eigenvalue weighted by atomic mass is 10.3. The Balaban J connectivity index is 0.000000202. The van der Waals surface area contributed by atoms with Gasteiger partial charge in [-0.1, -0.05) is 0 Å². The smallest absolute Gasteiger partial charge is 0.338 e. The Labute approximate surface area is 110 Å². The minimum atomic E-state index is -0.999. The molecule has 0 aliphatic carbocycles. The molecule has 0 aliphatic heterocycles. The van der Waals surface area contributed by atoms with E-state index in [1.165, 1.54) is 22.9 Å². The minimum absolute atomic E-state index is 0.0633. The van der Waals surface area contributed by atoms with Gasteiger partial charge in [0.2, 0.25) is 5.28 Å². The van der Waals surface area contributed by atoms with Crippen molar-refractivity contribution in [2.45, 2.75) is 0 Å². The molecule has 92 valence electrons. The topological polar surface area (TPSA) is 91.8 Å². The maximum Gasteiger partial charge on any atom is 0.338 e. The number of carbonyl (C=O) groups is 1. The van der Waals surface area contributed by atoms with Crippen LogP contribution in [-0.2, 0) is 0 Å². The van der Waals surface area contributed by atoms with E-state index in [-0.39, 0.29) is 10.8 Å². The zero-order chi connectivity index (χ0) is 13.0. The highest BCUT2D eigenvalue weighted by molar-refractivity contribution is 7.17. The number of carboxylic acids is 1. The van der Waals surface area contributed by atoms with Crippen LogP contribution < -0.4 is 0 Å². The molecule has 0 atom stereocenters. The molecule has 8 heteroatoms. The van der Waals surface area contributed by atoms with Crippen molar-refractivity contribution in [1.82, 2.24) is 19.9 Å². The summed E-state index contributed by atoms with van der Waals surface area (Å²) in [6.45, 7) is 0. The molecule has 0 amide bonds. The molecule has 3 heterocycles. The standard InChI is InChI=1S/C7H3ClN2O2S.C3H4N2/c8-7-9-1-4-5(10-7)3(2-13-4)6(11)12;1-2-5-3-4-1/h1-2H,(H,11,12);1-3H,(H,4,5). The van der Waals surface area contributed by atoms with Crippen molar-refractivity contribution >= 4 is 39.1 Å². The molecule has 0 fully saturated rings. The summed E-state index contributed by atoms with van der Waals surface area (Å²) >= 11 is 6.83. The Bertz CT molecular complexity index is 636. The van der Waals surface area contributed by atoms with Gasteiger partial charge < -0.3 is 10.1 Å². The summed E-state index contributed by atoms with van der Waals surface area (Å²) in [5.41, 5.74) is 0.571. The van der Waals surface area contributed by atoms with Crippen LogP contribution in [0.1, 0.15) is 10.4 Å². The summed E-state index contributed by atoms with van der Waals surface area (Å²) in [4.78, 5) is 24.7. The van der Waals surface area contributed by atoms with E-state index in [9.17, 15) is 4.79 Å². The van der Waals surface area contributed by atoms with Crippen molar-refractivity contribution in [2.24, 2.45) is 0 Å². The molecule has 0 spiro atoms. The lowest BCUT2D eigenvalue weighted by Gasteiger charge is -1.91. The first-order chi connectivity index (χ1) is 8.68. The van der Waals surface area contributed by atoms with Gasteiger partial charge in [0.05, 0.1) is 16.6 Å². The van der Waals surface area contributed by atoms with E-state index in [0.29, 0.717) is 5.52 Å². The summed E-state index contributed by atoms with van der Waals surface area (Å²) in [5, 5.41) is 10.4. The van der Waals surface area contributed by atoms with Crippen molar-refractivity contribution in [2.75, 3.05) is 0 Å². The number of nitrogens with one attached hydrogen (secondary N) is 1. The van der Waals surface area contributed by atoms with Crippen LogP contribution in [0.5, 0.6) is 0 Å². The van der Waals surface area contributed by atoms with Gasteiger partial charge in [0.15, 0.2) is 0 Å². The Morgan fingerprint density at radius 1 is 1.50 bits per heavy atom. The van der Waals surface area contributed by atoms with Crippen molar-refractivity contribution in [3.05, 3.63) is 41.1 Å². The molecule has 0 saturated heterocycles.